The maximum absolute atomic E-state index is 11.2. The summed E-state index contributed by atoms with van der Waals surface area (Å²) in [4.78, 5) is 11.2. The molecule has 1 aromatic rings. The molecule has 0 atom stereocenters. The molecule has 7 N–H and O–H groups in total. The van der Waals surface area contributed by atoms with Crippen LogP contribution < -0.4 is 22.1 Å². The van der Waals surface area contributed by atoms with Gasteiger partial charge in [-0.1, -0.05) is 0 Å². The number of nitrogens with zero attached hydrogens (tertiary/aromatic N) is 1. The Morgan fingerprint density at radius 1 is 1.57 bits per heavy atom. The van der Waals surface area contributed by atoms with E-state index >= 15 is 0 Å². The first-order chi connectivity index (χ1) is 6.77. The van der Waals surface area contributed by atoms with Crippen LogP contribution in [-0.4, -0.2) is 29.3 Å². The molecule has 0 aliphatic heterocycles. The van der Waals surface area contributed by atoms with E-state index in [4.69, 9.17) is 11.5 Å². The van der Waals surface area contributed by atoms with Gasteiger partial charge in [0, 0.05) is 19.6 Å². The minimum Gasteiger partial charge on any atom is -0.337 e. The van der Waals surface area contributed by atoms with Crippen LogP contribution in [0.4, 0.5) is 10.5 Å². The molecular formula is C7H14N6O. The molecule has 0 saturated carbocycles. The second-order valence-electron chi connectivity index (χ2n) is 2.64. The van der Waals surface area contributed by atoms with Crippen molar-refractivity contribution in [2.75, 3.05) is 18.4 Å². The number of carbonyl (C=O) groups is 1. The molecule has 1 aromatic heterocycles. The van der Waals surface area contributed by atoms with E-state index in [1.165, 1.54) is 6.20 Å². The van der Waals surface area contributed by atoms with Gasteiger partial charge in [0.1, 0.15) is 0 Å². The van der Waals surface area contributed by atoms with E-state index < -0.39 is 0 Å². The maximum Gasteiger partial charge on any atom is 0.319 e. The van der Waals surface area contributed by atoms with Crippen molar-refractivity contribution in [2.24, 2.45) is 11.5 Å². The quantitative estimate of drug-likeness (QED) is 0.423. The number of carbonyl (C=O) groups excluding carboxylic acids is 1. The summed E-state index contributed by atoms with van der Waals surface area (Å²) in [6.45, 7) is 1.14. The van der Waals surface area contributed by atoms with Gasteiger partial charge < -0.3 is 22.1 Å². The molecule has 7 nitrogen and oxygen atoms in total. The van der Waals surface area contributed by atoms with E-state index in [2.05, 4.69) is 20.8 Å². The number of amides is 2. The minimum atomic E-state index is -0.313. The number of hydrogen-bond acceptors (Lipinski definition) is 4. The van der Waals surface area contributed by atoms with Crippen LogP contribution in [0.5, 0.6) is 0 Å². The smallest absolute Gasteiger partial charge is 0.319 e. The molecule has 0 unspecified atom stereocenters. The number of H-pyrrole nitrogens is 1. The molecule has 0 radical (unpaired) electrons. The molecule has 7 heteroatoms. The summed E-state index contributed by atoms with van der Waals surface area (Å²) in [6.07, 6.45) is 1.50. The van der Waals surface area contributed by atoms with Crippen LogP contribution in [0.15, 0.2) is 6.20 Å². The Bertz CT molecular complexity index is 296. The molecule has 2 amide bonds. The van der Waals surface area contributed by atoms with Crippen LogP contribution in [0.1, 0.15) is 5.69 Å². The molecular weight excluding hydrogens is 184 g/mol. The normalized spacial score (nSPS) is 9.86. The molecule has 14 heavy (non-hydrogen) atoms. The van der Waals surface area contributed by atoms with Gasteiger partial charge in [0.2, 0.25) is 0 Å². The van der Waals surface area contributed by atoms with Gasteiger partial charge in [0.25, 0.3) is 0 Å². The molecule has 0 bridgehead atoms. The van der Waals surface area contributed by atoms with Crippen LogP contribution in [0.3, 0.4) is 0 Å². The van der Waals surface area contributed by atoms with Gasteiger partial charge >= 0.3 is 6.03 Å². The first kappa shape index (κ1) is 10.5. The van der Waals surface area contributed by atoms with Gasteiger partial charge in [-0.15, -0.1) is 0 Å². The Labute approximate surface area is 81.2 Å². The Morgan fingerprint density at radius 3 is 3.00 bits per heavy atom. The first-order valence-electron chi connectivity index (χ1n) is 4.25. The lowest BCUT2D eigenvalue weighted by Crippen LogP contribution is -2.33. The van der Waals surface area contributed by atoms with E-state index in [1.807, 2.05) is 0 Å². The average molecular weight is 198 g/mol. The van der Waals surface area contributed by atoms with Crippen molar-refractivity contribution in [2.45, 2.75) is 6.54 Å². The highest BCUT2D eigenvalue weighted by Crippen LogP contribution is 2.09. The molecule has 0 spiro atoms. The van der Waals surface area contributed by atoms with Crippen molar-refractivity contribution >= 4 is 11.7 Å². The third kappa shape index (κ3) is 2.71. The topological polar surface area (TPSA) is 122 Å². The summed E-state index contributed by atoms with van der Waals surface area (Å²) in [6, 6.07) is -0.313. The lowest BCUT2D eigenvalue weighted by Gasteiger charge is -2.05. The standard InChI is InChI=1S/C7H14N6O/c8-1-2-10-7(14)12-6-4-11-13-5(6)3-9/h4H,1-3,8-9H2,(H,11,13)(H2,10,12,14). The number of nitrogens with two attached hydrogens (primary N) is 2. The lowest BCUT2D eigenvalue weighted by molar-refractivity contribution is 0.252. The Morgan fingerprint density at radius 2 is 2.36 bits per heavy atom. The largest absolute Gasteiger partial charge is 0.337 e. The molecule has 0 aromatic carbocycles. The van der Waals surface area contributed by atoms with Crippen LogP contribution >= 0.6 is 0 Å². The van der Waals surface area contributed by atoms with E-state index in [9.17, 15) is 4.79 Å². The highest BCUT2D eigenvalue weighted by Gasteiger charge is 2.06. The van der Waals surface area contributed by atoms with Crippen LogP contribution in [0, 0.1) is 0 Å². The number of rotatable bonds is 4. The summed E-state index contributed by atoms with van der Waals surface area (Å²) < 4.78 is 0. The van der Waals surface area contributed by atoms with Gasteiger partial charge in [-0.25, -0.2) is 4.79 Å². The molecule has 78 valence electrons. The summed E-state index contributed by atoms with van der Waals surface area (Å²) in [5, 5.41) is 11.6. The zero-order valence-corrected chi connectivity index (χ0v) is 7.71. The fraction of sp³-hybridized carbons (Fsp3) is 0.429. The van der Waals surface area contributed by atoms with E-state index in [1.54, 1.807) is 0 Å². The minimum absolute atomic E-state index is 0.298. The van der Waals surface area contributed by atoms with Crippen molar-refractivity contribution in [3.05, 3.63) is 11.9 Å². The van der Waals surface area contributed by atoms with E-state index in [0.717, 1.165) is 0 Å². The number of hydrogen-bond donors (Lipinski definition) is 5. The van der Waals surface area contributed by atoms with Crippen molar-refractivity contribution in [1.29, 1.82) is 0 Å². The van der Waals surface area contributed by atoms with Crippen LogP contribution in [0.2, 0.25) is 0 Å². The monoisotopic (exact) mass is 198 g/mol. The summed E-state index contributed by atoms with van der Waals surface area (Å²) in [5.41, 5.74) is 11.9. The van der Waals surface area contributed by atoms with Crippen molar-refractivity contribution in [3.63, 3.8) is 0 Å². The van der Waals surface area contributed by atoms with E-state index in [0.29, 0.717) is 31.0 Å². The predicted molar refractivity (Wildman–Crippen MR) is 52.6 cm³/mol. The van der Waals surface area contributed by atoms with Gasteiger partial charge in [-0.05, 0) is 0 Å². The zero-order chi connectivity index (χ0) is 10.4. The third-order valence-electron chi connectivity index (χ3n) is 1.60. The molecule has 0 aliphatic carbocycles. The van der Waals surface area contributed by atoms with E-state index in [-0.39, 0.29) is 6.03 Å². The first-order valence-corrected chi connectivity index (χ1v) is 4.25. The Balaban J connectivity index is 2.47. The fourth-order valence-corrected chi connectivity index (χ4v) is 0.928. The highest BCUT2D eigenvalue weighted by atomic mass is 16.2. The van der Waals surface area contributed by atoms with Crippen LogP contribution in [0.25, 0.3) is 0 Å². The second kappa shape index (κ2) is 5.20. The molecule has 1 heterocycles. The maximum atomic E-state index is 11.2. The summed E-state index contributed by atoms with van der Waals surface area (Å²) in [5.74, 6) is 0. The second-order valence-corrected chi connectivity index (χ2v) is 2.64. The Kier molecular flexibility index (Phi) is 3.89. The lowest BCUT2D eigenvalue weighted by atomic mass is 10.4. The number of anilines is 1. The van der Waals surface area contributed by atoms with Gasteiger partial charge in [0.05, 0.1) is 17.6 Å². The number of aromatic amines is 1. The average Bonchev–Trinajstić information content (AvgIpc) is 2.62. The van der Waals surface area contributed by atoms with Crippen LogP contribution in [-0.2, 0) is 6.54 Å². The molecule has 0 aliphatic rings. The number of aromatic nitrogens is 2. The third-order valence-corrected chi connectivity index (χ3v) is 1.60. The number of urea groups is 1. The Hall–Kier alpha value is -1.60. The van der Waals surface area contributed by atoms with Crippen molar-refractivity contribution in [1.82, 2.24) is 15.5 Å². The predicted octanol–water partition coefficient (Wildman–Crippen LogP) is -1.05. The highest BCUT2D eigenvalue weighted by molar-refractivity contribution is 5.89. The zero-order valence-electron chi connectivity index (χ0n) is 7.71. The van der Waals surface area contributed by atoms with Gasteiger partial charge in [0.15, 0.2) is 0 Å². The molecule has 0 fully saturated rings. The van der Waals surface area contributed by atoms with Crippen molar-refractivity contribution in [3.8, 4) is 0 Å². The SMILES string of the molecule is NCCNC(=O)Nc1cn[nH]c1CN. The summed E-state index contributed by atoms with van der Waals surface area (Å²) in [7, 11) is 0. The molecule has 1 rings (SSSR count). The fourth-order valence-electron chi connectivity index (χ4n) is 0.928. The van der Waals surface area contributed by atoms with Gasteiger partial charge in [-0.2, -0.15) is 5.10 Å². The van der Waals surface area contributed by atoms with Crippen molar-refractivity contribution < 1.29 is 4.79 Å². The molecule has 0 saturated heterocycles. The summed E-state index contributed by atoms with van der Waals surface area (Å²) >= 11 is 0. The number of nitrogens with one attached hydrogen (secondary N) is 3. The van der Waals surface area contributed by atoms with Gasteiger partial charge in [-0.3, -0.25) is 5.10 Å².